The zero-order chi connectivity index (χ0) is 7.82. The van der Waals surface area contributed by atoms with E-state index in [1.54, 1.807) is 7.11 Å². The number of hydrogen-bond acceptors (Lipinski definition) is 3. The monoisotopic (exact) mass is 146 g/mol. The Morgan fingerprint density at radius 3 is 2.60 bits per heavy atom. The maximum absolute atomic E-state index is 5.29. The molecule has 0 amide bonds. The number of nitrogens with one attached hydrogen (secondary N) is 1. The van der Waals surface area contributed by atoms with Gasteiger partial charge in [-0.25, -0.2) is 0 Å². The Labute approximate surface area is 62.9 Å². The molecule has 0 heterocycles. The minimum absolute atomic E-state index is 0.421. The van der Waals surface area contributed by atoms with Crippen molar-refractivity contribution in [3.63, 3.8) is 0 Å². The molecule has 0 radical (unpaired) electrons. The van der Waals surface area contributed by atoms with Crippen LogP contribution in [0, 0.1) is 0 Å². The van der Waals surface area contributed by atoms with Crippen molar-refractivity contribution in [1.82, 2.24) is 5.43 Å². The molecule has 0 aromatic rings. The third kappa shape index (κ3) is 4.73. The Hall–Kier alpha value is -0.120. The maximum Gasteiger partial charge on any atom is 0.0477 e. The number of hydrogen-bond donors (Lipinski definition) is 2. The summed E-state index contributed by atoms with van der Waals surface area (Å²) in [5.41, 5.74) is 2.76. The second-order valence-corrected chi connectivity index (χ2v) is 2.43. The highest BCUT2D eigenvalue weighted by molar-refractivity contribution is 4.61. The lowest BCUT2D eigenvalue weighted by atomic mass is 10.1. The number of nitrogens with two attached hydrogens (primary N) is 1. The molecular weight excluding hydrogens is 128 g/mol. The van der Waals surface area contributed by atoms with Crippen molar-refractivity contribution in [3.8, 4) is 0 Å². The minimum Gasteiger partial charge on any atom is -0.385 e. The molecule has 0 saturated carbocycles. The normalized spacial score (nSPS) is 13.5. The van der Waals surface area contributed by atoms with Crippen LogP contribution in [0.3, 0.4) is 0 Å². The van der Waals surface area contributed by atoms with E-state index in [4.69, 9.17) is 10.6 Å². The molecule has 1 unspecified atom stereocenters. The molecule has 0 aromatic heterocycles. The fourth-order valence-corrected chi connectivity index (χ4v) is 0.920. The molecule has 1 atom stereocenters. The van der Waals surface area contributed by atoms with Crippen LogP contribution in [0.25, 0.3) is 0 Å². The van der Waals surface area contributed by atoms with Crippen LogP contribution in [0.5, 0.6) is 0 Å². The first-order chi connectivity index (χ1) is 4.85. The topological polar surface area (TPSA) is 47.3 Å². The summed E-state index contributed by atoms with van der Waals surface area (Å²) in [4.78, 5) is 0. The van der Waals surface area contributed by atoms with Gasteiger partial charge < -0.3 is 4.74 Å². The number of methoxy groups -OCH3 is 1. The van der Waals surface area contributed by atoms with E-state index in [1.165, 1.54) is 6.42 Å². The molecule has 0 rings (SSSR count). The van der Waals surface area contributed by atoms with Crippen molar-refractivity contribution in [2.24, 2.45) is 5.84 Å². The first kappa shape index (κ1) is 9.88. The summed E-state index contributed by atoms with van der Waals surface area (Å²) in [5, 5.41) is 0. The van der Waals surface area contributed by atoms with E-state index >= 15 is 0 Å². The molecule has 0 aliphatic heterocycles. The number of rotatable bonds is 6. The van der Waals surface area contributed by atoms with E-state index in [0.29, 0.717) is 6.04 Å². The zero-order valence-corrected chi connectivity index (χ0v) is 6.89. The predicted octanol–water partition coefficient (Wildman–Crippen LogP) is 0.655. The average Bonchev–Trinajstić information content (AvgIpc) is 1.98. The summed E-state index contributed by atoms with van der Waals surface area (Å²) in [7, 11) is 1.71. The summed E-state index contributed by atoms with van der Waals surface area (Å²) in [6.07, 6.45) is 3.29. The van der Waals surface area contributed by atoms with Crippen molar-refractivity contribution in [2.75, 3.05) is 13.7 Å². The third-order valence-corrected chi connectivity index (χ3v) is 1.54. The van der Waals surface area contributed by atoms with Crippen LogP contribution in [0.2, 0.25) is 0 Å². The summed E-state index contributed by atoms with van der Waals surface area (Å²) in [6, 6.07) is 0.421. The molecule has 10 heavy (non-hydrogen) atoms. The van der Waals surface area contributed by atoms with Crippen molar-refractivity contribution in [3.05, 3.63) is 0 Å². The van der Waals surface area contributed by atoms with Gasteiger partial charge in [-0.3, -0.25) is 11.3 Å². The van der Waals surface area contributed by atoms with Gasteiger partial charge in [-0.15, -0.1) is 0 Å². The second-order valence-electron chi connectivity index (χ2n) is 2.43. The molecule has 0 bridgehead atoms. The Kier molecular flexibility index (Phi) is 6.91. The van der Waals surface area contributed by atoms with E-state index in [9.17, 15) is 0 Å². The van der Waals surface area contributed by atoms with Crippen molar-refractivity contribution in [1.29, 1.82) is 0 Å². The highest BCUT2D eigenvalue weighted by Gasteiger charge is 2.02. The van der Waals surface area contributed by atoms with Crippen LogP contribution >= 0.6 is 0 Å². The first-order valence-corrected chi connectivity index (χ1v) is 3.80. The maximum atomic E-state index is 5.29. The molecule has 0 aliphatic rings. The van der Waals surface area contributed by atoms with E-state index in [0.717, 1.165) is 19.4 Å². The lowest BCUT2D eigenvalue weighted by Gasteiger charge is -2.13. The molecule has 0 saturated heterocycles. The molecular formula is C7H18N2O. The van der Waals surface area contributed by atoms with Gasteiger partial charge in [-0.05, 0) is 12.8 Å². The summed E-state index contributed by atoms with van der Waals surface area (Å²) in [6.45, 7) is 2.94. The number of hydrazine groups is 1. The van der Waals surface area contributed by atoms with Gasteiger partial charge >= 0.3 is 0 Å². The largest absolute Gasteiger partial charge is 0.385 e. The smallest absolute Gasteiger partial charge is 0.0477 e. The van der Waals surface area contributed by atoms with Gasteiger partial charge in [0.05, 0.1) is 0 Å². The van der Waals surface area contributed by atoms with Gasteiger partial charge in [-0.1, -0.05) is 13.3 Å². The van der Waals surface area contributed by atoms with Gasteiger partial charge in [0.1, 0.15) is 0 Å². The summed E-state index contributed by atoms with van der Waals surface area (Å²) >= 11 is 0. The van der Waals surface area contributed by atoms with Crippen LogP contribution in [-0.2, 0) is 4.74 Å². The SMILES string of the molecule is CCCC(CCOC)NN. The Morgan fingerprint density at radius 2 is 2.20 bits per heavy atom. The fraction of sp³-hybridized carbons (Fsp3) is 1.00. The van der Waals surface area contributed by atoms with Gasteiger partial charge in [0.15, 0.2) is 0 Å². The highest BCUT2D eigenvalue weighted by Crippen LogP contribution is 1.99. The molecule has 3 N–H and O–H groups in total. The van der Waals surface area contributed by atoms with Crippen LogP contribution in [0.15, 0.2) is 0 Å². The van der Waals surface area contributed by atoms with Crippen LogP contribution in [0.1, 0.15) is 26.2 Å². The quantitative estimate of drug-likeness (QED) is 0.427. The predicted molar refractivity (Wildman–Crippen MR) is 42.5 cm³/mol. The first-order valence-electron chi connectivity index (χ1n) is 3.80. The minimum atomic E-state index is 0.421. The Balaban J connectivity index is 3.21. The molecule has 3 nitrogen and oxygen atoms in total. The lowest BCUT2D eigenvalue weighted by Crippen LogP contribution is -2.35. The van der Waals surface area contributed by atoms with Crippen molar-refractivity contribution in [2.45, 2.75) is 32.2 Å². The van der Waals surface area contributed by atoms with Gasteiger partial charge in [-0.2, -0.15) is 0 Å². The fourth-order valence-electron chi connectivity index (χ4n) is 0.920. The molecule has 0 aliphatic carbocycles. The van der Waals surface area contributed by atoms with Crippen molar-refractivity contribution >= 4 is 0 Å². The Bertz CT molecular complexity index is 68.6. The van der Waals surface area contributed by atoms with E-state index in [-0.39, 0.29) is 0 Å². The van der Waals surface area contributed by atoms with Gasteiger partial charge in [0.2, 0.25) is 0 Å². The van der Waals surface area contributed by atoms with Gasteiger partial charge in [0, 0.05) is 19.8 Å². The van der Waals surface area contributed by atoms with E-state index in [1.807, 2.05) is 0 Å². The van der Waals surface area contributed by atoms with Crippen molar-refractivity contribution < 1.29 is 4.74 Å². The zero-order valence-electron chi connectivity index (χ0n) is 6.89. The molecule has 0 aromatic carbocycles. The summed E-state index contributed by atoms with van der Waals surface area (Å²) < 4.78 is 4.92. The van der Waals surface area contributed by atoms with Crippen LogP contribution < -0.4 is 11.3 Å². The summed E-state index contributed by atoms with van der Waals surface area (Å²) in [5.74, 6) is 5.29. The molecule has 3 heteroatoms. The van der Waals surface area contributed by atoms with E-state index in [2.05, 4.69) is 12.3 Å². The van der Waals surface area contributed by atoms with Gasteiger partial charge in [0.25, 0.3) is 0 Å². The molecule has 0 spiro atoms. The number of ether oxygens (including phenoxy) is 1. The average molecular weight is 146 g/mol. The highest BCUT2D eigenvalue weighted by atomic mass is 16.5. The van der Waals surface area contributed by atoms with Crippen LogP contribution in [-0.4, -0.2) is 19.8 Å². The third-order valence-electron chi connectivity index (χ3n) is 1.54. The standard InChI is InChI=1S/C7H18N2O/c1-3-4-7(9-8)5-6-10-2/h7,9H,3-6,8H2,1-2H3. The van der Waals surface area contributed by atoms with Crippen LogP contribution in [0.4, 0.5) is 0 Å². The molecule has 62 valence electrons. The molecule has 0 fully saturated rings. The second kappa shape index (κ2) is 6.99. The lowest BCUT2D eigenvalue weighted by molar-refractivity contribution is 0.181. The van der Waals surface area contributed by atoms with E-state index < -0.39 is 0 Å². The Morgan fingerprint density at radius 1 is 1.50 bits per heavy atom.